The Morgan fingerprint density at radius 2 is 2.00 bits per heavy atom. The fourth-order valence-corrected chi connectivity index (χ4v) is 5.78. The largest absolute Gasteiger partial charge is 0.272 e. The lowest BCUT2D eigenvalue weighted by Gasteiger charge is -2.33. The fourth-order valence-electron chi connectivity index (χ4n) is 4.39. The van der Waals surface area contributed by atoms with E-state index in [0.717, 1.165) is 35.0 Å². The molecule has 3 heterocycles. The SMILES string of the molecule is CC(C)(C)[C@H]1CCc2c(sc3c2c(=O)n(Cc2ccccc2)c2nncn32)C1. The molecule has 0 fully saturated rings. The van der Waals surface area contributed by atoms with Crippen LogP contribution in [0.1, 0.15) is 43.2 Å². The van der Waals surface area contributed by atoms with E-state index in [9.17, 15) is 4.79 Å². The molecule has 28 heavy (non-hydrogen) atoms. The van der Waals surface area contributed by atoms with Gasteiger partial charge in [-0.2, -0.15) is 0 Å². The van der Waals surface area contributed by atoms with Crippen LogP contribution < -0.4 is 5.56 Å². The molecule has 1 aliphatic rings. The zero-order valence-electron chi connectivity index (χ0n) is 16.5. The first kappa shape index (κ1) is 17.6. The van der Waals surface area contributed by atoms with E-state index in [1.54, 1.807) is 22.2 Å². The van der Waals surface area contributed by atoms with Gasteiger partial charge in [0.05, 0.1) is 11.9 Å². The van der Waals surface area contributed by atoms with Crippen LogP contribution in [0.2, 0.25) is 0 Å². The molecule has 0 N–H and O–H groups in total. The molecule has 3 aromatic heterocycles. The Labute approximate surface area is 167 Å². The third kappa shape index (κ3) is 2.70. The van der Waals surface area contributed by atoms with Crippen LogP contribution in [-0.4, -0.2) is 19.2 Å². The molecule has 4 aromatic rings. The zero-order valence-corrected chi connectivity index (χ0v) is 17.3. The van der Waals surface area contributed by atoms with Crippen LogP contribution in [0, 0.1) is 11.3 Å². The molecular weight excluding hydrogens is 368 g/mol. The monoisotopic (exact) mass is 392 g/mol. The van der Waals surface area contributed by atoms with E-state index in [2.05, 4.69) is 31.0 Å². The van der Waals surface area contributed by atoms with E-state index in [0.29, 0.717) is 18.2 Å². The van der Waals surface area contributed by atoms with Gasteiger partial charge in [0.15, 0.2) is 0 Å². The van der Waals surface area contributed by atoms with Crippen molar-refractivity contribution < 1.29 is 0 Å². The summed E-state index contributed by atoms with van der Waals surface area (Å²) in [6.45, 7) is 7.47. The highest BCUT2D eigenvalue weighted by atomic mass is 32.1. The van der Waals surface area contributed by atoms with Gasteiger partial charge in [0.2, 0.25) is 5.78 Å². The van der Waals surface area contributed by atoms with E-state index in [-0.39, 0.29) is 11.0 Å². The molecule has 0 saturated carbocycles. The minimum absolute atomic E-state index is 0.0612. The van der Waals surface area contributed by atoms with Crippen molar-refractivity contribution in [2.75, 3.05) is 0 Å². The van der Waals surface area contributed by atoms with Crippen molar-refractivity contribution in [2.45, 2.75) is 46.6 Å². The first-order valence-electron chi connectivity index (χ1n) is 9.84. The number of aryl methyl sites for hydroxylation is 1. The molecule has 0 radical (unpaired) electrons. The molecule has 1 atom stereocenters. The van der Waals surface area contributed by atoms with Crippen LogP contribution in [0.5, 0.6) is 0 Å². The molecular formula is C22H24N4OS. The van der Waals surface area contributed by atoms with Gasteiger partial charge in [0.1, 0.15) is 11.2 Å². The lowest BCUT2D eigenvalue weighted by molar-refractivity contribution is 0.218. The maximum Gasteiger partial charge on any atom is 0.264 e. The number of aromatic nitrogens is 4. The van der Waals surface area contributed by atoms with Gasteiger partial charge < -0.3 is 0 Å². The second kappa shape index (κ2) is 6.27. The predicted molar refractivity (Wildman–Crippen MR) is 113 cm³/mol. The van der Waals surface area contributed by atoms with Crippen molar-refractivity contribution in [1.29, 1.82) is 0 Å². The molecule has 0 unspecified atom stereocenters. The Hall–Kier alpha value is -2.47. The van der Waals surface area contributed by atoms with Crippen LogP contribution in [0.3, 0.4) is 0 Å². The number of rotatable bonds is 2. The van der Waals surface area contributed by atoms with Crippen molar-refractivity contribution in [1.82, 2.24) is 19.2 Å². The lowest BCUT2D eigenvalue weighted by Crippen LogP contribution is -2.27. The average Bonchev–Trinajstić information content (AvgIpc) is 3.29. The summed E-state index contributed by atoms with van der Waals surface area (Å²) in [4.78, 5) is 15.9. The second-order valence-electron chi connectivity index (χ2n) is 8.87. The van der Waals surface area contributed by atoms with Gasteiger partial charge in [0, 0.05) is 4.88 Å². The van der Waals surface area contributed by atoms with Crippen molar-refractivity contribution in [3.8, 4) is 0 Å². The van der Waals surface area contributed by atoms with E-state index in [1.807, 2.05) is 34.7 Å². The van der Waals surface area contributed by atoms with Gasteiger partial charge in [-0.25, -0.2) is 0 Å². The van der Waals surface area contributed by atoms with E-state index >= 15 is 0 Å². The maximum atomic E-state index is 13.5. The zero-order chi connectivity index (χ0) is 19.5. The third-order valence-electron chi connectivity index (χ3n) is 6.10. The quantitative estimate of drug-likeness (QED) is 0.511. The molecule has 5 rings (SSSR count). The summed E-state index contributed by atoms with van der Waals surface area (Å²) in [7, 11) is 0. The molecule has 6 heteroatoms. The summed E-state index contributed by atoms with van der Waals surface area (Å²) in [6, 6.07) is 10.1. The molecule has 144 valence electrons. The van der Waals surface area contributed by atoms with Crippen LogP contribution in [0.25, 0.3) is 16.0 Å². The summed E-state index contributed by atoms with van der Waals surface area (Å²) in [5, 5.41) is 9.25. The minimum Gasteiger partial charge on any atom is -0.272 e. The number of benzene rings is 1. The van der Waals surface area contributed by atoms with Crippen LogP contribution in [0.15, 0.2) is 41.5 Å². The molecule has 0 spiro atoms. The summed E-state index contributed by atoms with van der Waals surface area (Å²) in [6.07, 6.45) is 4.91. The lowest BCUT2D eigenvalue weighted by atomic mass is 9.72. The number of fused-ring (bicyclic) bond motifs is 5. The number of thiophene rings is 1. The molecule has 1 aromatic carbocycles. The molecule has 0 aliphatic heterocycles. The Morgan fingerprint density at radius 3 is 2.75 bits per heavy atom. The van der Waals surface area contributed by atoms with Crippen LogP contribution >= 0.6 is 11.3 Å². The number of nitrogens with zero attached hydrogens (tertiary/aromatic N) is 4. The van der Waals surface area contributed by atoms with Gasteiger partial charge in [0.25, 0.3) is 5.56 Å². The standard InChI is InChI=1S/C22H24N4OS/c1-22(2,3)15-9-10-16-17(11-15)28-20-18(16)19(27)25(21-24-23-13-26(20)21)12-14-7-5-4-6-8-14/h4-8,13,15H,9-12H2,1-3H3/t15-/m0/s1. The van der Waals surface area contributed by atoms with E-state index < -0.39 is 0 Å². The normalized spacial score (nSPS) is 17.3. The average molecular weight is 393 g/mol. The van der Waals surface area contributed by atoms with Gasteiger partial charge in [-0.15, -0.1) is 21.5 Å². The second-order valence-corrected chi connectivity index (χ2v) is 9.95. The van der Waals surface area contributed by atoms with E-state index in [1.165, 1.54) is 10.4 Å². The molecule has 1 aliphatic carbocycles. The van der Waals surface area contributed by atoms with Crippen molar-refractivity contribution in [3.05, 3.63) is 63.0 Å². The molecule has 0 bridgehead atoms. The van der Waals surface area contributed by atoms with Gasteiger partial charge >= 0.3 is 0 Å². The third-order valence-corrected chi connectivity index (χ3v) is 7.36. The van der Waals surface area contributed by atoms with Gasteiger partial charge in [-0.3, -0.25) is 13.8 Å². The highest BCUT2D eigenvalue weighted by molar-refractivity contribution is 7.18. The topological polar surface area (TPSA) is 52.2 Å². The van der Waals surface area contributed by atoms with Gasteiger partial charge in [-0.05, 0) is 41.7 Å². The smallest absolute Gasteiger partial charge is 0.264 e. The van der Waals surface area contributed by atoms with E-state index in [4.69, 9.17) is 0 Å². The van der Waals surface area contributed by atoms with Gasteiger partial charge in [-0.1, -0.05) is 51.1 Å². The Kier molecular flexibility index (Phi) is 3.95. The molecule has 0 amide bonds. The van der Waals surface area contributed by atoms with Crippen molar-refractivity contribution >= 4 is 27.3 Å². The minimum atomic E-state index is 0.0612. The van der Waals surface area contributed by atoms with Crippen LogP contribution in [0.4, 0.5) is 0 Å². The predicted octanol–water partition coefficient (Wildman–Crippen LogP) is 4.31. The number of hydrogen-bond acceptors (Lipinski definition) is 4. The Balaban J connectivity index is 1.72. The summed E-state index contributed by atoms with van der Waals surface area (Å²) < 4.78 is 3.77. The molecule has 5 nitrogen and oxygen atoms in total. The van der Waals surface area contributed by atoms with Crippen molar-refractivity contribution in [3.63, 3.8) is 0 Å². The highest BCUT2D eigenvalue weighted by Gasteiger charge is 2.32. The first-order chi connectivity index (χ1) is 13.4. The number of hydrogen-bond donors (Lipinski definition) is 0. The first-order valence-corrected chi connectivity index (χ1v) is 10.7. The van der Waals surface area contributed by atoms with Crippen LogP contribution in [-0.2, 0) is 19.4 Å². The molecule has 0 saturated heterocycles. The Bertz CT molecular complexity index is 1230. The maximum absolute atomic E-state index is 13.5. The Morgan fingerprint density at radius 1 is 1.21 bits per heavy atom. The summed E-state index contributed by atoms with van der Waals surface area (Å²) in [5.41, 5.74) is 2.69. The summed E-state index contributed by atoms with van der Waals surface area (Å²) >= 11 is 1.75. The summed E-state index contributed by atoms with van der Waals surface area (Å²) in [5.74, 6) is 1.27. The fraction of sp³-hybridized carbons (Fsp3) is 0.409. The highest BCUT2D eigenvalue weighted by Crippen LogP contribution is 2.42. The van der Waals surface area contributed by atoms with Crippen molar-refractivity contribution in [2.24, 2.45) is 11.3 Å².